The van der Waals surface area contributed by atoms with E-state index in [9.17, 15) is 0 Å². The van der Waals surface area contributed by atoms with Crippen LogP contribution in [0.5, 0.6) is 0 Å². The van der Waals surface area contributed by atoms with Gasteiger partial charge in [0.2, 0.25) is 0 Å². The first-order valence-electron chi connectivity index (χ1n) is 4.87. The Morgan fingerprint density at radius 1 is 1.38 bits per heavy atom. The van der Waals surface area contributed by atoms with Gasteiger partial charge >= 0.3 is 0 Å². The highest BCUT2D eigenvalue weighted by Crippen LogP contribution is 2.35. The monoisotopic (exact) mass is 176 g/mol. The summed E-state index contributed by atoms with van der Waals surface area (Å²) in [5, 5.41) is 0. The van der Waals surface area contributed by atoms with E-state index in [-0.39, 0.29) is 5.60 Å². The standard InChI is InChI=1S/C12H16O/c1-9-8-12(2,3)13-11-7-5-4-6-10(9)11/h5,7-8H,4,6H2,1-3H3. The fourth-order valence-electron chi connectivity index (χ4n) is 2.05. The van der Waals surface area contributed by atoms with Gasteiger partial charge in [-0.05, 0) is 56.9 Å². The van der Waals surface area contributed by atoms with Crippen molar-refractivity contribution in [1.29, 1.82) is 0 Å². The zero-order chi connectivity index (χ0) is 9.47. The Morgan fingerprint density at radius 2 is 2.15 bits per heavy atom. The van der Waals surface area contributed by atoms with Gasteiger partial charge in [-0.25, -0.2) is 0 Å². The Kier molecular flexibility index (Phi) is 1.83. The van der Waals surface area contributed by atoms with Gasteiger partial charge in [0, 0.05) is 0 Å². The molecule has 0 saturated heterocycles. The predicted molar refractivity (Wildman–Crippen MR) is 54.3 cm³/mol. The van der Waals surface area contributed by atoms with Crippen molar-refractivity contribution in [3.63, 3.8) is 0 Å². The minimum absolute atomic E-state index is 0.134. The van der Waals surface area contributed by atoms with E-state index >= 15 is 0 Å². The van der Waals surface area contributed by atoms with E-state index in [2.05, 4.69) is 39.0 Å². The Morgan fingerprint density at radius 3 is 2.92 bits per heavy atom. The maximum absolute atomic E-state index is 5.86. The first-order chi connectivity index (χ1) is 6.08. The molecular formula is C12H16O. The summed E-state index contributed by atoms with van der Waals surface area (Å²) in [6.07, 6.45) is 8.79. The zero-order valence-corrected chi connectivity index (χ0v) is 8.55. The minimum Gasteiger partial charge on any atom is -0.483 e. The molecule has 1 heteroatoms. The van der Waals surface area contributed by atoms with E-state index < -0.39 is 0 Å². The van der Waals surface area contributed by atoms with Gasteiger partial charge in [-0.3, -0.25) is 0 Å². The molecule has 0 aromatic carbocycles. The second kappa shape index (κ2) is 2.76. The Hall–Kier alpha value is -0.980. The molecule has 0 saturated carbocycles. The molecule has 2 rings (SSSR count). The highest BCUT2D eigenvalue weighted by atomic mass is 16.5. The SMILES string of the molecule is CC1=CC(C)(C)OC2=C1CCC=C2. The topological polar surface area (TPSA) is 9.23 Å². The molecule has 0 atom stereocenters. The molecule has 0 bridgehead atoms. The number of hydrogen-bond donors (Lipinski definition) is 0. The first kappa shape index (κ1) is 8.61. The van der Waals surface area contributed by atoms with E-state index in [1.807, 2.05) is 0 Å². The quantitative estimate of drug-likeness (QED) is 0.550. The first-order valence-corrected chi connectivity index (χ1v) is 4.87. The van der Waals surface area contributed by atoms with Crippen molar-refractivity contribution in [3.05, 3.63) is 35.1 Å². The summed E-state index contributed by atoms with van der Waals surface area (Å²) in [5.74, 6) is 1.08. The number of ether oxygens (including phenoxy) is 1. The maximum Gasteiger partial charge on any atom is 0.123 e. The van der Waals surface area contributed by atoms with Crippen molar-refractivity contribution in [1.82, 2.24) is 0 Å². The molecule has 0 amide bonds. The average Bonchev–Trinajstić information content (AvgIpc) is 2.02. The molecule has 13 heavy (non-hydrogen) atoms. The van der Waals surface area contributed by atoms with E-state index in [0.29, 0.717) is 0 Å². The van der Waals surface area contributed by atoms with Gasteiger partial charge in [-0.15, -0.1) is 0 Å². The Bertz CT molecular complexity index is 316. The summed E-state index contributed by atoms with van der Waals surface area (Å²) < 4.78 is 5.86. The van der Waals surface area contributed by atoms with Crippen molar-refractivity contribution < 1.29 is 4.74 Å². The van der Waals surface area contributed by atoms with Crippen molar-refractivity contribution in [2.24, 2.45) is 0 Å². The molecule has 1 aliphatic heterocycles. The van der Waals surface area contributed by atoms with Gasteiger partial charge in [0.05, 0.1) is 0 Å². The van der Waals surface area contributed by atoms with Crippen molar-refractivity contribution in [2.45, 2.75) is 39.2 Å². The normalized spacial score (nSPS) is 25.0. The maximum atomic E-state index is 5.86. The van der Waals surface area contributed by atoms with Gasteiger partial charge in [0.15, 0.2) is 0 Å². The summed E-state index contributed by atoms with van der Waals surface area (Å²) in [4.78, 5) is 0. The second-order valence-corrected chi connectivity index (χ2v) is 4.32. The van der Waals surface area contributed by atoms with Crippen LogP contribution in [-0.2, 0) is 4.74 Å². The molecule has 70 valence electrons. The summed E-state index contributed by atoms with van der Waals surface area (Å²) in [5.41, 5.74) is 2.64. The highest BCUT2D eigenvalue weighted by Gasteiger charge is 2.26. The molecule has 0 N–H and O–H groups in total. The third kappa shape index (κ3) is 1.55. The van der Waals surface area contributed by atoms with Crippen LogP contribution < -0.4 is 0 Å². The lowest BCUT2D eigenvalue weighted by Gasteiger charge is -2.32. The third-order valence-electron chi connectivity index (χ3n) is 2.54. The van der Waals surface area contributed by atoms with E-state index in [1.54, 1.807) is 0 Å². The van der Waals surface area contributed by atoms with Crippen LogP contribution in [-0.4, -0.2) is 5.60 Å². The molecule has 1 aliphatic carbocycles. The fourth-order valence-corrected chi connectivity index (χ4v) is 2.05. The summed E-state index contributed by atoms with van der Waals surface area (Å²) in [6, 6.07) is 0. The third-order valence-corrected chi connectivity index (χ3v) is 2.54. The fraction of sp³-hybridized carbons (Fsp3) is 0.500. The number of rotatable bonds is 0. The lowest BCUT2D eigenvalue weighted by atomic mass is 9.90. The molecule has 1 heterocycles. The number of hydrogen-bond acceptors (Lipinski definition) is 1. The van der Waals surface area contributed by atoms with Crippen molar-refractivity contribution in [2.75, 3.05) is 0 Å². The molecule has 0 fully saturated rings. The number of allylic oxidation sites excluding steroid dienone is 4. The van der Waals surface area contributed by atoms with Crippen molar-refractivity contribution >= 4 is 0 Å². The second-order valence-electron chi connectivity index (χ2n) is 4.32. The smallest absolute Gasteiger partial charge is 0.123 e. The van der Waals surface area contributed by atoms with Crippen LogP contribution in [0.4, 0.5) is 0 Å². The largest absolute Gasteiger partial charge is 0.483 e. The van der Waals surface area contributed by atoms with Gasteiger partial charge < -0.3 is 4.74 Å². The Balaban J connectivity index is 2.40. The van der Waals surface area contributed by atoms with E-state index in [1.165, 1.54) is 11.1 Å². The summed E-state index contributed by atoms with van der Waals surface area (Å²) >= 11 is 0. The van der Waals surface area contributed by atoms with E-state index in [0.717, 1.165) is 18.6 Å². The summed E-state index contributed by atoms with van der Waals surface area (Å²) in [7, 11) is 0. The van der Waals surface area contributed by atoms with Crippen LogP contribution in [0.1, 0.15) is 33.6 Å². The van der Waals surface area contributed by atoms with Crippen LogP contribution in [0, 0.1) is 0 Å². The minimum atomic E-state index is -0.134. The lowest BCUT2D eigenvalue weighted by Crippen LogP contribution is -2.26. The van der Waals surface area contributed by atoms with E-state index in [4.69, 9.17) is 4.74 Å². The summed E-state index contributed by atoms with van der Waals surface area (Å²) in [6.45, 7) is 6.38. The molecule has 0 unspecified atom stereocenters. The molecule has 2 aliphatic rings. The molecule has 0 spiro atoms. The van der Waals surface area contributed by atoms with Crippen LogP contribution in [0.25, 0.3) is 0 Å². The zero-order valence-electron chi connectivity index (χ0n) is 8.55. The van der Waals surface area contributed by atoms with Crippen LogP contribution in [0.2, 0.25) is 0 Å². The van der Waals surface area contributed by atoms with Gasteiger partial charge in [-0.2, -0.15) is 0 Å². The lowest BCUT2D eigenvalue weighted by molar-refractivity contribution is 0.0784. The average molecular weight is 176 g/mol. The van der Waals surface area contributed by atoms with Gasteiger partial charge in [-0.1, -0.05) is 6.08 Å². The molecule has 1 nitrogen and oxygen atoms in total. The van der Waals surface area contributed by atoms with Crippen LogP contribution in [0.3, 0.4) is 0 Å². The predicted octanol–water partition coefficient (Wildman–Crippen LogP) is 3.35. The van der Waals surface area contributed by atoms with Crippen LogP contribution >= 0.6 is 0 Å². The van der Waals surface area contributed by atoms with Gasteiger partial charge in [0.1, 0.15) is 11.4 Å². The van der Waals surface area contributed by atoms with Gasteiger partial charge in [0.25, 0.3) is 0 Å². The highest BCUT2D eigenvalue weighted by molar-refractivity contribution is 5.42. The van der Waals surface area contributed by atoms with Crippen LogP contribution in [0.15, 0.2) is 35.1 Å². The molecule has 0 aromatic rings. The molecular weight excluding hydrogens is 160 g/mol. The van der Waals surface area contributed by atoms with Crippen molar-refractivity contribution in [3.8, 4) is 0 Å². The molecule has 0 aromatic heterocycles. The molecule has 0 radical (unpaired) electrons. The Labute approximate surface area is 79.8 Å².